The van der Waals surface area contributed by atoms with Crippen molar-refractivity contribution in [1.82, 2.24) is 0 Å². The summed E-state index contributed by atoms with van der Waals surface area (Å²) < 4.78 is 5.91. The van der Waals surface area contributed by atoms with Crippen LogP contribution in [0.15, 0.2) is 22.7 Å². The average molecular weight is 340 g/mol. The van der Waals surface area contributed by atoms with Gasteiger partial charge >= 0.3 is 5.97 Å². The molecule has 110 valence electrons. The van der Waals surface area contributed by atoms with Crippen LogP contribution in [0.5, 0.6) is 0 Å². The van der Waals surface area contributed by atoms with Crippen LogP contribution in [0.4, 0.5) is 5.69 Å². The van der Waals surface area contributed by atoms with Gasteiger partial charge in [0.1, 0.15) is 0 Å². The number of anilines is 1. The van der Waals surface area contributed by atoms with Gasteiger partial charge in [0.2, 0.25) is 0 Å². The van der Waals surface area contributed by atoms with Crippen molar-refractivity contribution in [2.45, 2.75) is 39.7 Å². The van der Waals surface area contributed by atoms with Crippen molar-refractivity contribution in [3.05, 3.63) is 28.2 Å². The van der Waals surface area contributed by atoms with Gasteiger partial charge in [-0.25, -0.2) is 4.79 Å². The van der Waals surface area contributed by atoms with Crippen molar-refractivity contribution in [2.24, 2.45) is 11.8 Å². The van der Waals surface area contributed by atoms with Gasteiger partial charge in [0.25, 0.3) is 0 Å². The first-order chi connectivity index (χ1) is 9.51. The van der Waals surface area contributed by atoms with E-state index in [1.54, 1.807) is 0 Å². The van der Waals surface area contributed by atoms with Gasteiger partial charge in [0.05, 0.1) is 12.2 Å². The topological polar surface area (TPSA) is 38.3 Å². The summed E-state index contributed by atoms with van der Waals surface area (Å²) in [6, 6.07) is 6.12. The number of ether oxygens (including phenoxy) is 1. The van der Waals surface area contributed by atoms with Gasteiger partial charge in [-0.15, -0.1) is 0 Å². The second kappa shape index (κ2) is 6.61. The van der Waals surface area contributed by atoms with Crippen LogP contribution >= 0.6 is 15.9 Å². The Morgan fingerprint density at radius 3 is 2.70 bits per heavy atom. The van der Waals surface area contributed by atoms with E-state index in [0.717, 1.165) is 22.0 Å². The maximum Gasteiger partial charge on any atom is 0.338 e. The molecule has 0 aliphatic heterocycles. The molecule has 1 aromatic rings. The SMILES string of the molecule is CCOC(=O)c1ccc(NC2CC(C(C)C)C2)c(Br)c1. The van der Waals surface area contributed by atoms with Gasteiger partial charge in [0.15, 0.2) is 0 Å². The van der Waals surface area contributed by atoms with E-state index >= 15 is 0 Å². The molecule has 0 saturated heterocycles. The highest BCUT2D eigenvalue weighted by atomic mass is 79.9. The summed E-state index contributed by atoms with van der Waals surface area (Å²) in [5, 5.41) is 3.53. The van der Waals surface area contributed by atoms with Gasteiger partial charge in [-0.1, -0.05) is 13.8 Å². The van der Waals surface area contributed by atoms with Crippen LogP contribution in [0.3, 0.4) is 0 Å². The van der Waals surface area contributed by atoms with E-state index in [-0.39, 0.29) is 5.97 Å². The molecule has 1 aromatic carbocycles. The van der Waals surface area contributed by atoms with E-state index in [1.807, 2.05) is 25.1 Å². The zero-order valence-corrected chi connectivity index (χ0v) is 13.9. The van der Waals surface area contributed by atoms with E-state index in [2.05, 4.69) is 35.1 Å². The van der Waals surface area contributed by atoms with E-state index in [9.17, 15) is 4.79 Å². The van der Waals surface area contributed by atoms with Crippen LogP contribution in [-0.4, -0.2) is 18.6 Å². The summed E-state index contributed by atoms with van der Waals surface area (Å²) in [4.78, 5) is 11.7. The quantitative estimate of drug-likeness (QED) is 0.804. The molecule has 0 radical (unpaired) electrons. The predicted octanol–water partition coefficient (Wildman–Crippen LogP) is 4.47. The number of hydrogen-bond donors (Lipinski definition) is 1. The van der Waals surface area contributed by atoms with Gasteiger partial charge in [-0.2, -0.15) is 0 Å². The van der Waals surface area contributed by atoms with Crippen molar-refractivity contribution in [3.63, 3.8) is 0 Å². The van der Waals surface area contributed by atoms with E-state index < -0.39 is 0 Å². The molecule has 2 rings (SSSR count). The number of carbonyl (C=O) groups is 1. The fourth-order valence-corrected chi connectivity index (χ4v) is 3.01. The Morgan fingerprint density at radius 1 is 1.45 bits per heavy atom. The number of halogens is 1. The molecule has 0 atom stereocenters. The number of hydrogen-bond acceptors (Lipinski definition) is 3. The molecular weight excluding hydrogens is 318 g/mol. The highest BCUT2D eigenvalue weighted by molar-refractivity contribution is 9.10. The lowest BCUT2D eigenvalue weighted by atomic mass is 9.73. The van der Waals surface area contributed by atoms with Crippen LogP contribution in [0.2, 0.25) is 0 Å². The lowest BCUT2D eigenvalue weighted by Gasteiger charge is -2.39. The van der Waals surface area contributed by atoms with Crippen LogP contribution in [0.25, 0.3) is 0 Å². The van der Waals surface area contributed by atoms with Crippen LogP contribution in [0.1, 0.15) is 44.0 Å². The molecule has 3 nitrogen and oxygen atoms in total. The van der Waals surface area contributed by atoms with Crippen LogP contribution in [-0.2, 0) is 4.74 Å². The van der Waals surface area contributed by atoms with Crippen molar-refractivity contribution in [3.8, 4) is 0 Å². The molecule has 4 heteroatoms. The van der Waals surface area contributed by atoms with Crippen molar-refractivity contribution in [2.75, 3.05) is 11.9 Å². The summed E-state index contributed by atoms with van der Waals surface area (Å²) in [5.74, 6) is 1.33. The fourth-order valence-electron chi connectivity index (χ4n) is 2.52. The Bertz CT molecular complexity index is 481. The third-order valence-corrected chi connectivity index (χ3v) is 4.61. The molecule has 0 aromatic heterocycles. The molecular formula is C16H22BrNO2. The van der Waals surface area contributed by atoms with Crippen molar-refractivity contribution < 1.29 is 9.53 Å². The Kier molecular flexibility index (Phi) is 5.08. The second-order valence-corrected chi connectivity index (χ2v) is 6.59. The van der Waals surface area contributed by atoms with Crippen LogP contribution < -0.4 is 5.32 Å². The number of nitrogens with one attached hydrogen (secondary N) is 1. The third kappa shape index (κ3) is 3.54. The van der Waals surface area contributed by atoms with E-state index in [4.69, 9.17) is 4.74 Å². The minimum atomic E-state index is -0.275. The Labute approximate surface area is 129 Å². The molecule has 0 bridgehead atoms. The summed E-state index contributed by atoms with van der Waals surface area (Å²) in [6.07, 6.45) is 2.45. The summed E-state index contributed by atoms with van der Waals surface area (Å²) in [7, 11) is 0. The minimum Gasteiger partial charge on any atom is -0.462 e. The standard InChI is InChI=1S/C16H22BrNO2/c1-4-20-16(19)11-5-6-15(14(17)9-11)18-13-7-12(8-13)10(2)3/h5-6,9-10,12-13,18H,4,7-8H2,1-3H3. The molecule has 0 spiro atoms. The summed E-state index contributed by atoms with van der Waals surface area (Å²) >= 11 is 3.52. The maximum atomic E-state index is 11.7. The smallest absolute Gasteiger partial charge is 0.338 e. The molecule has 0 heterocycles. The Hall–Kier alpha value is -1.03. The number of carbonyl (C=O) groups excluding carboxylic acids is 1. The van der Waals surface area contributed by atoms with Gasteiger partial charge in [0, 0.05) is 16.2 Å². The first-order valence-electron chi connectivity index (χ1n) is 7.24. The number of rotatable bonds is 5. The number of esters is 1. The first-order valence-corrected chi connectivity index (χ1v) is 8.03. The molecule has 1 fully saturated rings. The van der Waals surface area contributed by atoms with Crippen LogP contribution in [0, 0.1) is 11.8 Å². The molecule has 1 saturated carbocycles. The monoisotopic (exact) mass is 339 g/mol. The highest BCUT2D eigenvalue weighted by Crippen LogP contribution is 2.36. The highest BCUT2D eigenvalue weighted by Gasteiger charge is 2.31. The average Bonchev–Trinajstić information content (AvgIpc) is 2.34. The molecule has 1 aliphatic rings. The Balaban J connectivity index is 1.95. The maximum absolute atomic E-state index is 11.7. The first kappa shape index (κ1) is 15.4. The lowest BCUT2D eigenvalue weighted by Crippen LogP contribution is -2.37. The zero-order valence-electron chi connectivity index (χ0n) is 12.3. The van der Waals surface area contributed by atoms with Crippen molar-refractivity contribution >= 4 is 27.6 Å². The third-order valence-electron chi connectivity index (χ3n) is 3.96. The predicted molar refractivity (Wildman–Crippen MR) is 85.1 cm³/mol. The fraction of sp³-hybridized carbons (Fsp3) is 0.562. The number of benzene rings is 1. The Morgan fingerprint density at radius 2 is 2.15 bits per heavy atom. The largest absolute Gasteiger partial charge is 0.462 e. The molecule has 1 aliphatic carbocycles. The minimum absolute atomic E-state index is 0.275. The molecule has 1 N–H and O–H groups in total. The van der Waals surface area contributed by atoms with E-state index in [1.165, 1.54) is 12.8 Å². The molecule has 0 unspecified atom stereocenters. The van der Waals surface area contributed by atoms with Crippen molar-refractivity contribution in [1.29, 1.82) is 0 Å². The second-order valence-electron chi connectivity index (χ2n) is 5.73. The van der Waals surface area contributed by atoms with E-state index in [0.29, 0.717) is 18.2 Å². The van der Waals surface area contributed by atoms with Gasteiger partial charge < -0.3 is 10.1 Å². The summed E-state index contributed by atoms with van der Waals surface area (Å²) in [6.45, 7) is 6.77. The normalized spacial score (nSPS) is 21.4. The summed E-state index contributed by atoms with van der Waals surface area (Å²) in [5.41, 5.74) is 1.63. The molecule has 0 amide bonds. The lowest BCUT2D eigenvalue weighted by molar-refractivity contribution is 0.0526. The molecule has 20 heavy (non-hydrogen) atoms. The zero-order chi connectivity index (χ0) is 14.7. The van der Waals surface area contributed by atoms with Gasteiger partial charge in [-0.3, -0.25) is 0 Å². The van der Waals surface area contributed by atoms with Gasteiger partial charge in [-0.05, 0) is 65.7 Å².